The first kappa shape index (κ1) is 20.1. The summed E-state index contributed by atoms with van der Waals surface area (Å²) in [7, 11) is 2.99. The highest BCUT2D eigenvalue weighted by molar-refractivity contribution is 6.01. The van der Waals surface area contributed by atoms with Gasteiger partial charge in [0.25, 0.3) is 0 Å². The number of esters is 1. The van der Waals surface area contributed by atoms with Gasteiger partial charge in [-0.3, -0.25) is 4.79 Å². The van der Waals surface area contributed by atoms with Crippen LogP contribution in [0.2, 0.25) is 0 Å². The van der Waals surface area contributed by atoms with Crippen molar-refractivity contribution in [2.45, 2.75) is 13.8 Å². The van der Waals surface area contributed by atoms with Crippen molar-refractivity contribution >= 4 is 11.8 Å². The highest BCUT2D eigenvalue weighted by Gasteiger charge is 2.16. The van der Waals surface area contributed by atoms with E-state index >= 15 is 0 Å². The second kappa shape index (κ2) is 8.60. The van der Waals surface area contributed by atoms with Crippen molar-refractivity contribution in [3.63, 3.8) is 0 Å². The van der Waals surface area contributed by atoms with Crippen LogP contribution in [0.1, 0.15) is 32.1 Å². The number of carbonyl (C=O) groups is 2. The molecule has 3 rings (SSSR count). The second-order valence-corrected chi connectivity index (χ2v) is 6.45. The zero-order valence-electron chi connectivity index (χ0n) is 16.8. The fourth-order valence-corrected chi connectivity index (χ4v) is 2.95. The molecule has 0 bridgehead atoms. The lowest BCUT2D eigenvalue weighted by Gasteiger charge is -2.10. The topological polar surface area (TPSA) is 79.7 Å². The van der Waals surface area contributed by atoms with Gasteiger partial charge in [0.05, 0.1) is 36.7 Å². The van der Waals surface area contributed by atoms with Crippen molar-refractivity contribution in [2.75, 3.05) is 20.8 Å². The smallest absolute Gasteiger partial charge is 0.338 e. The lowest BCUT2D eigenvalue weighted by Crippen LogP contribution is -2.15. The summed E-state index contributed by atoms with van der Waals surface area (Å²) in [4.78, 5) is 24.7. The zero-order chi connectivity index (χ0) is 21.0. The Morgan fingerprint density at radius 1 is 0.966 bits per heavy atom. The second-order valence-electron chi connectivity index (χ2n) is 6.45. The third-order valence-electron chi connectivity index (χ3n) is 4.40. The van der Waals surface area contributed by atoms with E-state index in [0.717, 1.165) is 17.1 Å². The molecular weight excluding hydrogens is 372 g/mol. The van der Waals surface area contributed by atoms with Crippen LogP contribution in [0.3, 0.4) is 0 Å². The normalized spacial score (nSPS) is 10.5. The van der Waals surface area contributed by atoms with Crippen LogP contribution >= 0.6 is 0 Å². The van der Waals surface area contributed by atoms with Crippen LogP contribution in [-0.4, -0.2) is 42.4 Å². The van der Waals surface area contributed by atoms with Gasteiger partial charge in [-0.1, -0.05) is 0 Å². The molecule has 7 nitrogen and oxygen atoms in total. The van der Waals surface area contributed by atoms with E-state index in [0.29, 0.717) is 22.6 Å². The van der Waals surface area contributed by atoms with Gasteiger partial charge in [-0.2, -0.15) is 5.10 Å². The number of hydrogen-bond donors (Lipinski definition) is 0. The summed E-state index contributed by atoms with van der Waals surface area (Å²) in [5, 5.41) is 4.41. The Morgan fingerprint density at radius 2 is 1.69 bits per heavy atom. The van der Waals surface area contributed by atoms with E-state index in [1.54, 1.807) is 47.1 Å². The van der Waals surface area contributed by atoms with Crippen LogP contribution in [-0.2, 0) is 4.74 Å². The lowest BCUT2D eigenvalue weighted by atomic mass is 10.1. The summed E-state index contributed by atoms with van der Waals surface area (Å²) >= 11 is 0. The molecule has 0 spiro atoms. The van der Waals surface area contributed by atoms with Gasteiger partial charge in [0.15, 0.2) is 6.61 Å². The van der Waals surface area contributed by atoms with Gasteiger partial charge in [-0.05, 0) is 56.3 Å². The number of ketones is 1. The van der Waals surface area contributed by atoms with Gasteiger partial charge < -0.3 is 14.2 Å². The highest BCUT2D eigenvalue weighted by Crippen LogP contribution is 2.25. The number of ether oxygens (including phenoxy) is 3. The Morgan fingerprint density at radius 3 is 2.28 bits per heavy atom. The maximum absolute atomic E-state index is 12.4. The van der Waals surface area contributed by atoms with Gasteiger partial charge in [0, 0.05) is 11.8 Å². The Labute approximate surface area is 168 Å². The summed E-state index contributed by atoms with van der Waals surface area (Å²) < 4.78 is 17.3. The van der Waals surface area contributed by atoms with Gasteiger partial charge >= 0.3 is 5.97 Å². The predicted molar refractivity (Wildman–Crippen MR) is 107 cm³/mol. The van der Waals surface area contributed by atoms with Crippen molar-refractivity contribution in [2.24, 2.45) is 0 Å². The number of benzene rings is 2. The third kappa shape index (κ3) is 4.45. The Hall–Kier alpha value is -3.61. The molecule has 0 aliphatic carbocycles. The standard InChI is InChI=1S/C22H22N2O5/c1-14-11-15(2)24(23-14)17-7-5-16(6-8-17)22(26)29-13-20(25)19-10-9-18(27-3)12-21(19)28-4/h5-12H,13H2,1-4H3. The molecular formula is C22H22N2O5. The molecule has 7 heteroatoms. The molecule has 0 aliphatic heterocycles. The minimum absolute atomic E-state index is 0.320. The average molecular weight is 394 g/mol. The average Bonchev–Trinajstić information content (AvgIpc) is 3.09. The first-order valence-electron chi connectivity index (χ1n) is 8.99. The number of aryl methyl sites for hydroxylation is 2. The Kier molecular flexibility index (Phi) is 5.97. The first-order chi connectivity index (χ1) is 13.9. The van der Waals surface area contributed by atoms with Gasteiger partial charge in [-0.25, -0.2) is 9.48 Å². The Balaban J connectivity index is 1.66. The fourth-order valence-electron chi connectivity index (χ4n) is 2.95. The minimum Gasteiger partial charge on any atom is -0.497 e. The first-order valence-corrected chi connectivity index (χ1v) is 8.99. The molecule has 1 aromatic heterocycles. The number of methoxy groups -OCH3 is 2. The minimum atomic E-state index is -0.578. The molecule has 1 heterocycles. The summed E-state index contributed by atoms with van der Waals surface area (Å²) in [6, 6.07) is 13.7. The van der Waals surface area contributed by atoms with Crippen LogP contribution in [0.5, 0.6) is 11.5 Å². The summed E-state index contributed by atoms with van der Waals surface area (Å²) in [5.41, 5.74) is 3.42. The van der Waals surface area contributed by atoms with Crippen molar-refractivity contribution in [3.8, 4) is 17.2 Å². The number of nitrogens with zero attached hydrogens (tertiary/aromatic N) is 2. The van der Waals surface area contributed by atoms with Crippen LogP contribution in [0, 0.1) is 13.8 Å². The monoisotopic (exact) mass is 394 g/mol. The van der Waals surface area contributed by atoms with Gasteiger partial charge in [-0.15, -0.1) is 0 Å². The highest BCUT2D eigenvalue weighted by atomic mass is 16.5. The van der Waals surface area contributed by atoms with E-state index < -0.39 is 5.97 Å². The molecule has 29 heavy (non-hydrogen) atoms. The van der Waals surface area contributed by atoms with Crippen molar-refractivity contribution in [1.29, 1.82) is 0 Å². The Bertz CT molecular complexity index is 1040. The molecule has 150 valence electrons. The molecule has 0 aliphatic rings. The maximum atomic E-state index is 12.4. The van der Waals surface area contributed by atoms with Crippen LogP contribution < -0.4 is 9.47 Å². The molecule has 0 radical (unpaired) electrons. The van der Waals surface area contributed by atoms with E-state index in [4.69, 9.17) is 14.2 Å². The number of carbonyl (C=O) groups excluding carboxylic acids is 2. The van der Waals surface area contributed by atoms with E-state index in [-0.39, 0.29) is 12.4 Å². The number of aromatic nitrogens is 2. The number of rotatable bonds is 7. The lowest BCUT2D eigenvalue weighted by molar-refractivity contribution is 0.0474. The quantitative estimate of drug-likeness (QED) is 0.450. The molecule has 0 atom stereocenters. The van der Waals surface area contributed by atoms with Crippen molar-refractivity contribution in [1.82, 2.24) is 9.78 Å². The fraction of sp³-hybridized carbons (Fsp3) is 0.227. The van der Waals surface area contributed by atoms with E-state index in [9.17, 15) is 9.59 Å². The number of Topliss-reactive ketones (excluding diaryl/α,β-unsaturated/α-hetero) is 1. The predicted octanol–water partition coefficient (Wildman–Crippen LogP) is 3.55. The summed E-state index contributed by atoms with van der Waals surface area (Å²) in [5.74, 6) is -0.0133. The van der Waals surface area contributed by atoms with Gasteiger partial charge in [0.1, 0.15) is 11.5 Å². The molecule has 3 aromatic rings. The van der Waals surface area contributed by atoms with Crippen LogP contribution in [0.4, 0.5) is 0 Å². The molecule has 0 N–H and O–H groups in total. The molecule has 0 amide bonds. The van der Waals surface area contributed by atoms with Crippen molar-refractivity contribution < 1.29 is 23.8 Å². The van der Waals surface area contributed by atoms with E-state index in [1.807, 2.05) is 19.9 Å². The van der Waals surface area contributed by atoms with Gasteiger partial charge in [0.2, 0.25) is 5.78 Å². The zero-order valence-corrected chi connectivity index (χ0v) is 16.8. The molecule has 0 unspecified atom stereocenters. The number of hydrogen-bond acceptors (Lipinski definition) is 6. The van der Waals surface area contributed by atoms with Crippen LogP contribution in [0.15, 0.2) is 48.5 Å². The molecule has 0 fully saturated rings. The van der Waals surface area contributed by atoms with E-state index in [2.05, 4.69) is 5.10 Å². The SMILES string of the molecule is COc1ccc(C(=O)COC(=O)c2ccc(-n3nc(C)cc3C)cc2)c(OC)c1. The third-order valence-corrected chi connectivity index (χ3v) is 4.40. The summed E-state index contributed by atoms with van der Waals surface area (Å²) in [6.45, 7) is 3.49. The molecule has 0 saturated heterocycles. The van der Waals surface area contributed by atoms with Crippen molar-refractivity contribution in [3.05, 3.63) is 71.0 Å². The molecule has 0 saturated carbocycles. The summed E-state index contributed by atoms with van der Waals surface area (Å²) in [6.07, 6.45) is 0. The largest absolute Gasteiger partial charge is 0.497 e. The maximum Gasteiger partial charge on any atom is 0.338 e. The van der Waals surface area contributed by atoms with Crippen LogP contribution in [0.25, 0.3) is 5.69 Å². The van der Waals surface area contributed by atoms with E-state index in [1.165, 1.54) is 14.2 Å². The molecule has 2 aromatic carbocycles.